The van der Waals surface area contributed by atoms with Gasteiger partial charge < -0.3 is 5.73 Å². The molecule has 1 aromatic carbocycles. The molecule has 5 heteroatoms. The first-order valence-electron chi connectivity index (χ1n) is 4.44. The van der Waals surface area contributed by atoms with Gasteiger partial charge in [0.05, 0.1) is 17.4 Å². The minimum absolute atomic E-state index is 0.131. The van der Waals surface area contributed by atoms with Crippen LogP contribution in [0.2, 0.25) is 0 Å². The molecule has 0 aliphatic carbocycles. The zero-order chi connectivity index (χ0) is 11.7. The SMILES string of the molecule is Nc1cnccc1-c1c(F)cc(F)cc1F. The predicted octanol–water partition coefficient (Wildman–Crippen LogP) is 2.75. The Morgan fingerprint density at radius 2 is 1.69 bits per heavy atom. The van der Waals surface area contributed by atoms with E-state index in [0.29, 0.717) is 12.1 Å². The number of rotatable bonds is 1. The molecule has 0 fully saturated rings. The van der Waals surface area contributed by atoms with E-state index in [1.54, 1.807) is 0 Å². The zero-order valence-electron chi connectivity index (χ0n) is 8.05. The first-order valence-corrected chi connectivity index (χ1v) is 4.44. The maximum atomic E-state index is 13.4. The van der Waals surface area contributed by atoms with Gasteiger partial charge in [-0.1, -0.05) is 0 Å². The molecule has 0 amide bonds. The third-order valence-electron chi connectivity index (χ3n) is 2.13. The van der Waals surface area contributed by atoms with Gasteiger partial charge >= 0.3 is 0 Å². The fraction of sp³-hybridized carbons (Fsp3) is 0. The van der Waals surface area contributed by atoms with Crippen LogP contribution in [-0.4, -0.2) is 4.98 Å². The first kappa shape index (κ1) is 10.5. The van der Waals surface area contributed by atoms with E-state index in [1.807, 2.05) is 0 Å². The Kier molecular flexibility index (Phi) is 2.52. The Balaban J connectivity index is 2.70. The number of benzene rings is 1. The molecule has 0 aliphatic heterocycles. The Morgan fingerprint density at radius 1 is 1.06 bits per heavy atom. The molecule has 0 unspecified atom stereocenters. The molecule has 0 spiro atoms. The van der Waals surface area contributed by atoms with Gasteiger partial charge in [-0.15, -0.1) is 0 Å². The molecule has 2 N–H and O–H groups in total. The van der Waals surface area contributed by atoms with Crippen LogP contribution >= 0.6 is 0 Å². The van der Waals surface area contributed by atoms with E-state index in [4.69, 9.17) is 5.73 Å². The van der Waals surface area contributed by atoms with E-state index < -0.39 is 17.5 Å². The van der Waals surface area contributed by atoms with Gasteiger partial charge in [0, 0.05) is 23.9 Å². The van der Waals surface area contributed by atoms with Crippen molar-refractivity contribution in [1.82, 2.24) is 4.98 Å². The first-order chi connectivity index (χ1) is 7.59. The van der Waals surface area contributed by atoms with Gasteiger partial charge in [0.2, 0.25) is 0 Å². The van der Waals surface area contributed by atoms with Crippen LogP contribution in [0, 0.1) is 17.5 Å². The summed E-state index contributed by atoms with van der Waals surface area (Å²) in [7, 11) is 0. The average Bonchev–Trinajstić information content (AvgIpc) is 2.19. The number of nitrogen functional groups attached to an aromatic ring is 1. The monoisotopic (exact) mass is 224 g/mol. The zero-order valence-corrected chi connectivity index (χ0v) is 8.05. The van der Waals surface area contributed by atoms with Crippen molar-refractivity contribution in [3.63, 3.8) is 0 Å². The lowest BCUT2D eigenvalue weighted by atomic mass is 10.0. The summed E-state index contributed by atoms with van der Waals surface area (Å²) < 4.78 is 39.5. The van der Waals surface area contributed by atoms with Crippen molar-refractivity contribution >= 4 is 5.69 Å². The van der Waals surface area contributed by atoms with Crippen LogP contribution in [0.3, 0.4) is 0 Å². The van der Waals surface area contributed by atoms with E-state index >= 15 is 0 Å². The number of nitrogens with zero attached hydrogens (tertiary/aromatic N) is 1. The van der Waals surface area contributed by atoms with Crippen LogP contribution in [0.5, 0.6) is 0 Å². The maximum absolute atomic E-state index is 13.4. The molecule has 2 aromatic rings. The lowest BCUT2D eigenvalue weighted by molar-refractivity contribution is 0.548. The Morgan fingerprint density at radius 3 is 2.25 bits per heavy atom. The van der Waals surface area contributed by atoms with Gasteiger partial charge in [-0.2, -0.15) is 0 Å². The van der Waals surface area contributed by atoms with Gasteiger partial charge in [0.1, 0.15) is 17.5 Å². The predicted molar refractivity (Wildman–Crippen MR) is 54.0 cm³/mol. The normalized spacial score (nSPS) is 10.4. The Bertz CT molecular complexity index is 517. The molecule has 0 atom stereocenters. The second-order valence-corrected chi connectivity index (χ2v) is 3.21. The summed E-state index contributed by atoms with van der Waals surface area (Å²) >= 11 is 0. The van der Waals surface area contributed by atoms with Gasteiger partial charge in [-0.3, -0.25) is 4.98 Å². The molecule has 16 heavy (non-hydrogen) atoms. The van der Waals surface area contributed by atoms with Crippen LogP contribution in [0.1, 0.15) is 0 Å². The molecule has 0 aliphatic rings. The van der Waals surface area contributed by atoms with E-state index in [-0.39, 0.29) is 16.8 Å². The highest BCUT2D eigenvalue weighted by Gasteiger charge is 2.15. The van der Waals surface area contributed by atoms with Gasteiger partial charge in [-0.05, 0) is 6.07 Å². The topological polar surface area (TPSA) is 38.9 Å². The lowest BCUT2D eigenvalue weighted by Crippen LogP contribution is -1.97. The standard InChI is InChI=1S/C11H7F3N2/c12-6-3-8(13)11(9(14)4-6)7-1-2-16-5-10(7)15/h1-5H,15H2. The molecular formula is C11H7F3N2. The van der Waals surface area contributed by atoms with Crippen molar-refractivity contribution in [3.05, 3.63) is 48.0 Å². The van der Waals surface area contributed by atoms with Crippen molar-refractivity contribution < 1.29 is 13.2 Å². The van der Waals surface area contributed by atoms with Gasteiger partial charge in [0.25, 0.3) is 0 Å². The molecule has 2 nitrogen and oxygen atoms in total. The summed E-state index contributed by atoms with van der Waals surface area (Å²) in [4.78, 5) is 3.70. The summed E-state index contributed by atoms with van der Waals surface area (Å²) in [6.45, 7) is 0. The highest BCUT2D eigenvalue weighted by atomic mass is 19.1. The van der Waals surface area contributed by atoms with Crippen molar-refractivity contribution in [3.8, 4) is 11.1 Å². The van der Waals surface area contributed by atoms with Crippen molar-refractivity contribution in [1.29, 1.82) is 0 Å². The van der Waals surface area contributed by atoms with E-state index in [2.05, 4.69) is 4.98 Å². The lowest BCUT2D eigenvalue weighted by Gasteiger charge is -2.07. The summed E-state index contributed by atoms with van der Waals surface area (Å²) in [6.07, 6.45) is 2.63. The van der Waals surface area contributed by atoms with E-state index in [9.17, 15) is 13.2 Å². The van der Waals surface area contributed by atoms with Crippen molar-refractivity contribution in [2.24, 2.45) is 0 Å². The highest BCUT2D eigenvalue weighted by Crippen LogP contribution is 2.30. The fourth-order valence-electron chi connectivity index (χ4n) is 1.43. The molecule has 0 saturated carbocycles. The van der Waals surface area contributed by atoms with Crippen LogP contribution in [0.4, 0.5) is 18.9 Å². The fourth-order valence-corrected chi connectivity index (χ4v) is 1.43. The molecule has 0 saturated heterocycles. The Hall–Kier alpha value is -2.04. The quantitative estimate of drug-likeness (QED) is 0.808. The maximum Gasteiger partial charge on any atom is 0.136 e. The number of pyridine rings is 1. The molecule has 0 bridgehead atoms. The average molecular weight is 224 g/mol. The summed E-state index contributed by atoms with van der Waals surface area (Å²) in [5, 5.41) is 0. The molecule has 2 rings (SSSR count). The Labute approximate surface area is 89.5 Å². The third-order valence-corrected chi connectivity index (χ3v) is 2.13. The summed E-state index contributed by atoms with van der Waals surface area (Å²) in [6, 6.07) is 2.59. The highest BCUT2D eigenvalue weighted by molar-refractivity contribution is 5.76. The van der Waals surface area contributed by atoms with E-state index in [1.165, 1.54) is 18.5 Å². The molecule has 1 heterocycles. The summed E-state index contributed by atoms with van der Waals surface area (Å²) in [5.41, 5.74) is 5.48. The van der Waals surface area contributed by atoms with Gasteiger partial charge in [0.15, 0.2) is 0 Å². The number of nitrogens with two attached hydrogens (primary N) is 1. The summed E-state index contributed by atoms with van der Waals surface area (Å²) in [5.74, 6) is -2.95. The molecule has 82 valence electrons. The molecule has 1 aromatic heterocycles. The number of hydrogen-bond donors (Lipinski definition) is 1. The third kappa shape index (κ3) is 1.71. The minimum atomic E-state index is -0.990. The van der Waals surface area contributed by atoms with Crippen LogP contribution in [0.15, 0.2) is 30.6 Å². The minimum Gasteiger partial charge on any atom is -0.397 e. The van der Waals surface area contributed by atoms with Crippen molar-refractivity contribution in [2.45, 2.75) is 0 Å². The number of hydrogen-bond acceptors (Lipinski definition) is 2. The smallest absolute Gasteiger partial charge is 0.136 e. The second kappa shape index (κ2) is 3.84. The molecular weight excluding hydrogens is 217 g/mol. The number of anilines is 1. The number of aromatic nitrogens is 1. The van der Waals surface area contributed by atoms with Crippen molar-refractivity contribution in [2.75, 3.05) is 5.73 Å². The second-order valence-electron chi connectivity index (χ2n) is 3.21. The largest absolute Gasteiger partial charge is 0.397 e. The van der Waals surface area contributed by atoms with Crippen LogP contribution in [-0.2, 0) is 0 Å². The number of halogens is 3. The van der Waals surface area contributed by atoms with E-state index in [0.717, 1.165) is 0 Å². The van der Waals surface area contributed by atoms with Gasteiger partial charge in [-0.25, -0.2) is 13.2 Å². The van der Waals surface area contributed by atoms with Crippen LogP contribution < -0.4 is 5.73 Å². The van der Waals surface area contributed by atoms with Crippen LogP contribution in [0.25, 0.3) is 11.1 Å². The molecule has 0 radical (unpaired) electrons.